The van der Waals surface area contributed by atoms with Crippen molar-refractivity contribution in [3.8, 4) is 0 Å². The Labute approximate surface area is 172 Å². The van der Waals surface area contributed by atoms with Crippen LogP contribution < -0.4 is 5.82 Å². The van der Waals surface area contributed by atoms with E-state index in [0.717, 1.165) is 0 Å². The Kier molecular flexibility index (Phi) is 10.8. The second kappa shape index (κ2) is 12.8. The van der Waals surface area contributed by atoms with Crippen molar-refractivity contribution >= 4 is 26.8 Å². The molecule has 30 heavy (non-hydrogen) atoms. The molecule has 0 bridgehead atoms. The van der Waals surface area contributed by atoms with Crippen LogP contribution in [0.4, 0.5) is 0 Å². The third kappa shape index (κ3) is 8.76. The average molecular weight is 450 g/mol. The van der Waals surface area contributed by atoms with Gasteiger partial charge in [-0.05, 0) is 20.3 Å². The van der Waals surface area contributed by atoms with Gasteiger partial charge in [-0.15, -0.1) is 0 Å². The lowest BCUT2D eigenvalue weighted by atomic mass is 10.1. The van der Waals surface area contributed by atoms with Crippen molar-refractivity contribution in [1.82, 2.24) is 0 Å². The first-order valence-corrected chi connectivity index (χ1v) is 9.98. The van der Waals surface area contributed by atoms with Gasteiger partial charge in [0.2, 0.25) is 0 Å². The van der Waals surface area contributed by atoms with Crippen LogP contribution in [-0.4, -0.2) is 48.3 Å². The van der Waals surface area contributed by atoms with E-state index >= 15 is 0 Å². The predicted octanol–water partition coefficient (Wildman–Crippen LogP) is 1.44. The first-order chi connectivity index (χ1) is 14.2. The minimum atomic E-state index is -2.18. The number of methoxy groups -OCH3 is 1. The van der Waals surface area contributed by atoms with Crippen LogP contribution in [-0.2, 0) is 39.7 Å². The molecule has 0 spiro atoms. The second-order valence-corrected chi connectivity index (χ2v) is 7.20. The molecule has 1 aromatic heterocycles. The zero-order valence-electron chi connectivity index (χ0n) is 16.6. The first kappa shape index (κ1) is 25.3. The highest BCUT2D eigenvalue weighted by Crippen LogP contribution is 2.36. The number of carboxylic acid groups (broad SMARTS) is 1. The molecule has 2 N–H and O–H groups in total. The van der Waals surface area contributed by atoms with Gasteiger partial charge in [-0.3, -0.25) is 14.4 Å². The lowest BCUT2D eigenvalue weighted by Crippen LogP contribution is -2.20. The van der Waals surface area contributed by atoms with Crippen LogP contribution in [0.3, 0.4) is 0 Å². The zero-order valence-corrected chi connectivity index (χ0v) is 17.5. The molecule has 1 heterocycles. The normalized spacial score (nSPS) is 13.7. The van der Waals surface area contributed by atoms with Gasteiger partial charge in [0.25, 0.3) is 6.47 Å². The summed E-state index contributed by atoms with van der Waals surface area (Å²) in [5.41, 5.74) is 0. The molecule has 0 aliphatic carbocycles. The maximum atomic E-state index is 11.8. The van der Waals surface area contributed by atoms with E-state index in [2.05, 4.69) is 13.6 Å². The number of carbonyl (C=O) groups is 3. The van der Waals surface area contributed by atoms with Gasteiger partial charge in [0.05, 0.1) is 13.0 Å². The molecule has 1 aromatic rings. The Morgan fingerprint density at radius 2 is 2.00 bits per heavy atom. The number of esters is 1. The molecular weight excluding hydrogens is 427 g/mol. The number of rotatable bonds is 14. The summed E-state index contributed by atoms with van der Waals surface area (Å²) in [7, 11) is -0.829. The Bertz CT molecular complexity index is 808. The van der Waals surface area contributed by atoms with Gasteiger partial charge in [-0.1, -0.05) is 0 Å². The molecule has 0 amide bonds. The molecule has 0 radical (unpaired) electrons. The quantitative estimate of drug-likeness (QED) is 0.181. The van der Waals surface area contributed by atoms with Crippen molar-refractivity contribution in [3.05, 3.63) is 33.7 Å². The fraction of sp³-hybridized carbons (Fsp3) is 0.529. The van der Waals surface area contributed by atoms with Crippen LogP contribution in [0.5, 0.6) is 0 Å². The third-order valence-corrected chi connectivity index (χ3v) is 5.04. The summed E-state index contributed by atoms with van der Waals surface area (Å²) in [5.74, 6) is -3.41. The fourth-order valence-electron chi connectivity index (χ4n) is 2.07. The van der Waals surface area contributed by atoms with E-state index in [1.165, 1.54) is 21.0 Å². The maximum absolute atomic E-state index is 11.8. The van der Waals surface area contributed by atoms with Crippen molar-refractivity contribution in [2.24, 2.45) is 5.92 Å². The minimum Gasteiger partial charge on any atom is -0.498 e. The second-order valence-electron chi connectivity index (χ2n) is 5.87. The van der Waals surface area contributed by atoms with Crippen LogP contribution in [0.15, 0.2) is 25.1 Å². The number of aryl methyl sites for hydroxylation is 1. The molecule has 2 atom stereocenters. The molecule has 0 saturated carbocycles. The van der Waals surface area contributed by atoms with E-state index < -0.39 is 32.1 Å². The molecule has 0 saturated heterocycles. The van der Waals surface area contributed by atoms with Crippen molar-refractivity contribution in [1.29, 1.82) is 0 Å². The summed E-state index contributed by atoms with van der Waals surface area (Å²) in [6, 6.07) is 0. The van der Waals surface area contributed by atoms with Crippen LogP contribution >= 0.6 is 8.38 Å². The van der Waals surface area contributed by atoms with Crippen LogP contribution in [0, 0.1) is 12.8 Å². The van der Waals surface area contributed by atoms with E-state index in [0.29, 0.717) is 0 Å². The van der Waals surface area contributed by atoms with E-state index in [9.17, 15) is 29.2 Å². The maximum Gasteiger partial charge on any atom is 0.519 e. The van der Waals surface area contributed by atoms with E-state index in [1.54, 1.807) is 0 Å². The molecular formula is C17H23O12P. The lowest BCUT2D eigenvalue weighted by Gasteiger charge is -2.17. The molecule has 1 rings (SSSR count). The standard InChI is InChI=1S/C17H23O12P/c1-10(24-3)13(26-9-18)7-27-30(23)8-12(16(20)21)4-5-15(19)25-6-14-11(2)28-17(22)29-14/h9,12,23H,4-8H2,1-3H3,(H,20,21)/b13-10-. The molecule has 12 nitrogen and oxygen atoms in total. The van der Waals surface area contributed by atoms with Gasteiger partial charge in [0.15, 0.2) is 32.3 Å². The number of ether oxygens (including phenoxy) is 3. The monoisotopic (exact) mass is 450 g/mol. The Morgan fingerprint density at radius 1 is 1.30 bits per heavy atom. The van der Waals surface area contributed by atoms with Gasteiger partial charge in [-0.25, -0.2) is 4.79 Å². The molecule has 2 unspecified atom stereocenters. The summed E-state index contributed by atoms with van der Waals surface area (Å²) in [6.45, 7) is 2.53. The highest BCUT2D eigenvalue weighted by molar-refractivity contribution is 7.46. The summed E-state index contributed by atoms with van der Waals surface area (Å²) < 4.78 is 29.0. The summed E-state index contributed by atoms with van der Waals surface area (Å²) >= 11 is 0. The van der Waals surface area contributed by atoms with Crippen molar-refractivity contribution in [2.75, 3.05) is 19.9 Å². The molecule has 13 heteroatoms. The average Bonchev–Trinajstić information content (AvgIpc) is 3.02. The number of hydrogen-bond acceptors (Lipinski definition) is 11. The van der Waals surface area contributed by atoms with Crippen molar-refractivity contribution in [3.63, 3.8) is 0 Å². The van der Waals surface area contributed by atoms with Gasteiger partial charge in [0, 0.05) is 12.6 Å². The molecule has 0 aromatic carbocycles. The fourth-order valence-corrected chi connectivity index (χ4v) is 3.16. The lowest BCUT2D eigenvalue weighted by molar-refractivity contribution is -0.146. The SMILES string of the molecule is CO/C(C)=C(/COP(O)CC(CCC(=O)OCc1oc(=O)oc1C)C(=O)O)OC=O. The summed E-state index contributed by atoms with van der Waals surface area (Å²) in [6.07, 6.45) is -0.618. The summed E-state index contributed by atoms with van der Waals surface area (Å²) in [5, 5.41) is 9.30. The minimum absolute atomic E-state index is 0.0330. The van der Waals surface area contributed by atoms with Crippen molar-refractivity contribution < 1.29 is 52.0 Å². The van der Waals surface area contributed by atoms with E-state index in [1.807, 2.05) is 0 Å². The van der Waals surface area contributed by atoms with Gasteiger partial charge >= 0.3 is 17.8 Å². The smallest absolute Gasteiger partial charge is 0.498 e. The Hall–Kier alpha value is -2.69. The van der Waals surface area contributed by atoms with Crippen molar-refractivity contribution in [2.45, 2.75) is 33.3 Å². The van der Waals surface area contributed by atoms with Crippen LogP contribution in [0.1, 0.15) is 31.3 Å². The number of allylic oxidation sites excluding steroid dienone is 1. The molecule has 0 aliphatic heterocycles. The zero-order chi connectivity index (χ0) is 22.7. The number of aliphatic carboxylic acids is 1. The predicted molar refractivity (Wildman–Crippen MR) is 99.0 cm³/mol. The van der Waals surface area contributed by atoms with Gasteiger partial charge < -0.3 is 37.6 Å². The largest absolute Gasteiger partial charge is 0.519 e. The van der Waals surface area contributed by atoms with E-state index in [4.69, 9.17) is 14.0 Å². The highest BCUT2D eigenvalue weighted by Gasteiger charge is 2.25. The van der Waals surface area contributed by atoms with Gasteiger partial charge in [0.1, 0.15) is 12.4 Å². The molecule has 0 aliphatic rings. The Balaban J connectivity index is 2.50. The number of hydrogen-bond donors (Lipinski definition) is 2. The molecule has 168 valence electrons. The van der Waals surface area contributed by atoms with E-state index in [-0.39, 0.29) is 61.7 Å². The first-order valence-electron chi connectivity index (χ1n) is 8.59. The topological polar surface area (TPSA) is 172 Å². The molecule has 0 fully saturated rings. The number of carboxylic acids is 1. The Morgan fingerprint density at radius 3 is 2.53 bits per heavy atom. The summed E-state index contributed by atoms with van der Waals surface area (Å²) in [4.78, 5) is 54.6. The third-order valence-electron chi connectivity index (χ3n) is 3.86. The number of carbonyl (C=O) groups excluding carboxylic acids is 2. The highest BCUT2D eigenvalue weighted by atomic mass is 31.2. The van der Waals surface area contributed by atoms with Crippen LogP contribution in [0.25, 0.3) is 0 Å². The van der Waals surface area contributed by atoms with Crippen LogP contribution in [0.2, 0.25) is 0 Å². The van der Waals surface area contributed by atoms with Gasteiger partial charge in [-0.2, -0.15) is 0 Å².